The molecule has 0 saturated carbocycles. The van der Waals surface area contributed by atoms with E-state index >= 15 is 0 Å². The average Bonchev–Trinajstić information content (AvgIpc) is 2.96. The Kier molecular flexibility index (Phi) is 3.67. The van der Waals surface area contributed by atoms with Gasteiger partial charge in [0.25, 0.3) is 0 Å². The number of nitrogens with one attached hydrogen (secondary N) is 1. The van der Waals surface area contributed by atoms with Crippen LogP contribution in [0, 0.1) is 0 Å². The van der Waals surface area contributed by atoms with Gasteiger partial charge in [0.1, 0.15) is 16.9 Å². The number of fused-ring (bicyclic) bond motifs is 3. The molecule has 2 N–H and O–H groups in total. The molecule has 0 unspecified atom stereocenters. The summed E-state index contributed by atoms with van der Waals surface area (Å²) in [6, 6.07) is 6.89. The molecule has 23 heavy (non-hydrogen) atoms. The van der Waals surface area contributed by atoms with Crippen LogP contribution in [0.5, 0.6) is 5.75 Å². The summed E-state index contributed by atoms with van der Waals surface area (Å²) >= 11 is 1.77. The van der Waals surface area contributed by atoms with Crippen molar-refractivity contribution in [3.8, 4) is 5.75 Å². The zero-order chi connectivity index (χ0) is 15.6. The number of anilines is 1. The van der Waals surface area contributed by atoms with Crippen LogP contribution >= 0.6 is 11.3 Å². The number of phenols is 1. The normalized spacial score (nSPS) is 14.3. The zero-order valence-corrected chi connectivity index (χ0v) is 13.3. The third kappa shape index (κ3) is 2.77. The van der Waals surface area contributed by atoms with Gasteiger partial charge in [-0.15, -0.1) is 11.3 Å². The van der Waals surface area contributed by atoms with Crippen LogP contribution in [0.1, 0.15) is 28.8 Å². The monoisotopic (exact) mass is 324 g/mol. The number of hydrazone groups is 1. The van der Waals surface area contributed by atoms with Crippen LogP contribution in [-0.2, 0) is 12.8 Å². The van der Waals surface area contributed by atoms with E-state index in [1.807, 2.05) is 12.1 Å². The van der Waals surface area contributed by atoms with E-state index in [1.165, 1.54) is 23.3 Å². The molecule has 5 nitrogen and oxygen atoms in total. The molecule has 0 radical (unpaired) electrons. The van der Waals surface area contributed by atoms with Gasteiger partial charge >= 0.3 is 0 Å². The van der Waals surface area contributed by atoms with Gasteiger partial charge in [0.15, 0.2) is 5.82 Å². The molecule has 2 aromatic heterocycles. The molecule has 0 fully saturated rings. The number of aryl methyl sites for hydroxylation is 2. The highest BCUT2D eigenvalue weighted by molar-refractivity contribution is 7.19. The fourth-order valence-corrected chi connectivity index (χ4v) is 4.13. The summed E-state index contributed by atoms with van der Waals surface area (Å²) < 4.78 is 0. The molecule has 1 aliphatic rings. The summed E-state index contributed by atoms with van der Waals surface area (Å²) in [4.78, 5) is 11.3. The minimum absolute atomic E-state index is 0.248. The second-order valence-electron chi connectivity index (χ2n) is 5.57. The van der Waals surface area contributed by atoms with Crippen molar-refractivity contribution in [2.45, 2.75) is 25.7 Å². The molecule has 0 atom stereocenters. The largest absolute Gasteiger partial charge is 0.508 e. The molecule has 1 aliphatic carbocycles. The number of nitrogens with zero attached hydrogens (tertiary/aromatic N) is 3. The average molecular weight is 324 g/mol. The van der Waals surface area contributed by atoms with Gasteiger partial charge in [0.05, 0.1) is 11.6 Å². The Hall–Kier alpha value is -2.47. The van der Waals surface area contributed by atoms with Crippen molar-refractivity contribution in [1.29, 1.82) is 0 Å². The molecule has 0 saturated heterocycles. The predicted octanol–water partition coefficient (Wildman–Crippen LogP) is 3.72. The van der Waals surface area contributed by atoms with Gasteiger partial charge in [-0.2, -0.15) is 5.10 Å². The minimum atomic E-state index is 0.248. The Morgan fingerprint density at radius 1 is 1.13 bits per heavy atom. The Morgan fingerprint density at radius 2 is 1.96 bits per heavy atom. The number of benzene rings is 1. The van der Waals surface area contributed by atoms with Crippen molar-refractivity contribution in [3.05, 3.63) is 46.6 Å². The van der Waals surface area contributed by atoms with Gasteiger partial charge in [0.2, 0.25) is 0 Å². The Bertz CT molecular complexity index is 870. The number of rotatable bonds is 3. The number of aromatic nitrogens is 2. The fraction of sp³-hybridized carbons (Fsp3) is 0.235. The highest BCUT2D eigenvalue weighted by Gasteiger charge is 2.19. The Labute approximate surface area is 137 Å². The first-order valence-electron chi connectivity index (χ1n) is 7.64. The maximum Gasteiger partial charge on any atom is 0.158 e. The van der Waals surface area contributed by atoms with E-state index in [-0.39, 0.29) is 5.75 Å². The van der Waals surface area contributed by atoms with Crippen LogP contribution in [0.3, 0.4) is 0 Å². The number of thiophene rings is 1. The van der Waals surface area contributed by atoms with E-state index in [4.69, 9.17) is 0 Å². The third-order valence-electron chi connectivity index (χ3n) is 4.03. The molecule has 6 heteroatoms. The number of aromatic hydroxyl groups is 1. The summed E-state index contributed by atoms with van der Waals surface area (Å²) in [6.45, 7) is 0. The van der Waals surface area contributed by atoms with Crippen molar-refractivity contribution in [1.82, 2.24) is 9.97 Å². The lowest BCUT2D eigenvalue weighted by Crippen LogP contribution is -2.00. The lowest BCUT2D eigenvalue weighted by molar-refractivity contribution is 0.475. The molecule has 2 heterocycles. The second-order valence-corrected chi connectivity index (χ2v) is 6.66. The summed E-state index contributed by atoms with van der Waals surface area (Å²) in [6.07, 6.45) is 8.03. The van der Waals surface area contributed by atoms with E-state index in [0.29, 0.717) is 0 Å². The lowest BCUT2D eigenvalue weighted by Gasteiger charge is -2.11. The van der Waals surface area contributed by atoms with Crippen molar-refractivity contribution in [2.75, 3.05) is 5.43 Å². The predicted molar refractivity (Wildman–Crippen MR) is 93.4 cm³/mol. The molecule has 0 amide bonds. The fourth-order valence-electron chi connectivity index (χ4n) is 2.90. The van der Waals surface area contributed by atoms with Gasteiger partial charge in [-0.3, -0.25) is 5.43 Å². The first kappa shape index (κ1) is 14.1. The third-order valence-corrected chi connectivity index (χ3v) is 5.23. The quantitative estimate of drug-likeness (QED) is 0.569. The van der Waals surface area contributed by atoms with Crippen LogP contribution in [0.25, 0.3) is 10.2 Å². The Morgan fingerprint density at radius 3 is 2.83 bits per heavy atom. The van der Waals surface area contributed by atoms with E-state index in [9.17, 15) is 5.11 Å². The molecule has 4 rings (SSSR count). The highest BCUT2D eigenvalue weighted by atomic mass is 32.1. The summed E-state index contributed by atoms with van der Waals surface area (Å²) in [5.41, 5.74) is 5.35. The Balaban J connectivity index is 1.63. The van der Waals surface area contributed by atoms with Gasteiger partial charge in [0, 0.05) is 4.88 Å². The summed E-state index contributed by atoms with van der Waals surface area (Å²) in [5.74, 6) is 1.02. The molecule has 3 aromatic rings. The molecular formula is C17H16N4OS. The van der Waals surface area contributed by atoms with Crippen molar-refractivity contribution >= 4 is 33.6 Å². The number of hydrogen-bond donors (Lipinski definition) is 2. The van der Waals surface area contributed by atoms with Crippen LogP contribution < -0.4 is 5.43 Å². The van der Waals surface area contributed by atoms with Crippen LogP contribution in [0.15, 0.2) is 35.7 Å². The van der Waals surface area contributed by atoms with E-state index in [1.54, 1.807) is 36.0 Å². The summed E-state index contributed by atoms with van der Waals surface area (Å²) in [5, 5.41) is 14.7. The van der Waals surface area contributed by atoms with E-state index in [2.05, 4.69) is 20.5 Å². The van der Waals surface area contributed by atoms with Crippen LogP contribution in [0.4, 0.5) is 5.82 Å². The van der Waals surface area contributed by atoms with Crippen molar-refractivity contribution < 1.29 is 5.11 Å². The first-order valence-corrected chi connectivity index (χ1v) is 8.46. The summed E-state index contributed by atoms with van der Waals surface area (Å²) in [7, 11) is 0. The second kappa shape index (κ2) is 5.96. The van der Waals surface area contributed by atoms with E-state index < -0.39 is 0 Å². The standard InChI is InChI=1S/C17H16N4OS/c22-12-7-5-11(6-8-12)9-20-21-16-15-13-3-1-2-4-14(13)23-17(15)19-10-18-16/h5-10,22H,1-4H2,(H,18,19,21). The zero-order valence-electron chi connectivity index (χ0n) is 12.5. The van der Waals surface area contributed by atoms with Gasteiger partial charge in [-0.25, -0.2) is 9.97 Å². The SMILES string of the molecule is Oc1ccc(C=NNc2ncnc3sc4c(c23)CCCC4)cc1. The van der Waals surface area contributed by atoms with Gasteiger partial charge in [-0.05, 0) is 61.1 Å². The maximum absolute atomic E-state index is 9.29. The van der Waals surface area contributed by atoms with Crippen molar-refractivity contribution in [2.24, 2.45) is 5.10 Å². The topological polar surface area (TPSA) is 70.4 Å². The molecule has 1 aromatic carbocycles. The minimum Gasteiger partial charge on any atom is -0.508 e. The van der Waals surface area contributed by atoms with E-state index in [0.717, 1.165) is 34.4 Å². The smallest absolute Gasteiger partial charge is 0.158 e. The molecule has 0 aliphatic heterocycles. The van der Waals surface area contributed by atoms with Crippen molar-refractivity contribution in [3.63, 3.8) is 0 Å². The molecule has 0 bridgehead atoms. The highest BCUT2D eigenvalue weighted by Crippen LogP contribution is 2.38. The molecule has 116 valence electrons. The van der Waals surface area contributed by atoms with Crippen LogP contribution in [-0.4, -0.2) is 21.3 Å². The molecular weight excluding hydrogens is 308 g/mol. The number of phenolic OH excluding ortho intramolecular Hbond substituents is 1. The first-order chi connectivity index (χ1) is 11.3. The molecule has 0 spiro atoms. The van der Waals surface area contributed by atoms with Gasteiger partial charge in [-0.1, -0.05) is 0 Å². The van der Waals surface area contributed by atoms with Crippen LogP contribution in [0.2, 0.25) is 0 Å². The van der Waals surface area contributed by atoms with Gasteiger partial charge < -0.3 is 5.11 Å². The maximum atomic E-state index is 9.29. The number of hydrogen-bond acceptors (Lipinski definition) is 6. The lowest BCUT2D eigenvalue weighted by atomic mass is 9.97.